The van der Waals surface area contributed by atoms with Crippen molar-refractivity contribution in [3.8, 4) is 0 Å². The minimum Gasteiger partial charge on any atom is -0.382 e. The molecule has 0 radical (unpaired) electrons. The molecular weight excluding hydrogens is 256 g/mol. The van der Waals surface area contributed by atoms with E-state index in [1.54, 1.807) is 18.2 Å². The van der Waals surface area contributed by atoms with Gasteiger partial charge in [-0.3, -0.25) is 10.1 Å². The zero-order valence-corrected chi connectivity index (χ0v) is 12.3. The predicted molar refractivity (Wildman–Crippen MR) is 79.1 cm³/mol. The molecule has 0 bridgehead atoms. The van der Waals surface area contributed by atoms with Crippen LogP contribution in [0.25, 0.3) is 0 Å². The second-order valence-electron chi connectivity index (χ2n) is 5.78. The molecule has 2 rings (SSSR count). The summed E-state index contributed by atoms with van der Waals surface area (Å²) in [6.45, 7) is 7.02. The Kier molecular flexibility index (Phi) is 4.60. The van der Waals surface area contributed by atoms with Gasteiger partial charge in [0.2, 0.25) is 0 Å². The molecule has 1 aliphatic rings. The molecule has 20 heavy (non-hydrogen) atoms. The molecule has 5 heteroatoms. The van der Waals surface area contributed by atoms with Crippen molar-refractivity contribution in [1.29, 1.82) is 0 Å². The molecule has 1 aromatic rings. The van der Waals surface area contributed by atoms with E-state index in [1.807, 2.05) is 6.92 Å². The molecule has 2 atom stereocenters. The Morgan fingerprint density at radius 2 is 2.20 bits per heavy atom. The number of nitro benzene ring substituents is 1. The van der Waals surface area contributed by atoms with E-state index in [0.717, 1.165) is 30.7 Å². The maximum atomic E-state index is 10.9. The van der Waals surface area contributed by atoms with Crippen LogP contribution in [0.1, 0.15) is 32.3 Å². The molecule has 5 nitrogen and oxygen atoms in total. The first kappa shape index (κ1) is 14.8. The van der Waals surface area contributed by atoms with Gasteiger partial charge in [-0.05, 0) is 31.2 Å². The first-order valence-electron chi connectivity index (χ1n) is 7.10. The molecule has 1 aromatic carbocycles. The van der Waals surface area contributed by atoms with Gasteiger partial charge in [0.25, 0.3) is 5.69 Å². The highest BCUT2D eigenvalue weighted by molar-refractivity contribution is 5.57. The third kappa shape index (κ3) is 3.48. The van der Waals surface area contributed by atoms with Gasteiger partial charge in [0.05, 0.1) is 11.0 Å². The summed E-state index contributed by atoms with van der Waals surface area (Å²) in [7, 11) is 0. The lowest BCUT2D eigenvalue weighted by atomic mass is 9.95. The van der Waals surface area contributed by atoms with Crippen molar-refractivity contribution in [3.63, 3.8) is 0 Å². The number of nitro groups is 1. The van der Waals surface area contributed by atoms with Crippen LogP contribution < -0.4 is 5.32 Å². The Balaban J connectivity index is 2.09. The summed E-state index contributed by atoms with van der Waals surface area (Å²) in [5, 5.41) is 14.3. The highest BCUT2D eigenvalue weighted by atomic mass is 16.6. The number of nitrogens with zero attached hydrogens (tertiary/aromatic N) is 1. The zero-order valence-electron chi connectivity index (χ0n) is 12.3. The third-order valence-corrected chi connectivity index (χ3v) is 3.85. The topological polar surface area (TPSA) is 64.4 Å². The molecule has 0 aliphatic carbocycles. The maximum Gasteiger partial charge on any atom is 0.271 e. The molecule has 1 saturated heterocycles. The summed E-state index contributed by atoms with van der Waals surface area (Å²) in [4.78, 5) is 10.5. The quantitative estimate of drug-likeness (QED) is 0.676. The van der Waals surface area contributed by atoms with Gasteiger partial charge in [-0.1, -0.05) is 19.9 Å². The van der Waals surface area contributed by atoms with Crippen molar-refractivity contribution in [2.45, 2.75) is 45.8 Å². The fraction of sp³-hybridized carbons (Fsp3) is 0.600. The van der Waals surface area contributed by atoms with Gasteiger partial charge in [-0.2, -0.15) is 0 Å². The lowest BCUT2D eigenvalue weighted by Gasteiger charge is -2.33. The van der Waals surface area contributed by atoms with Gasteiger partial charge in [0.1, 0.15) is 0 Å². The van der Waals surface area contributed by atoms with E-state index in [4.69, 9.17) is 4.74 Å². The second kappa shape index (κ2) is 6.22. The number of hydrogen-bond donors (Lipinski definition) is 1. The van der Waals surface area contributed by atoms with Crippen LogP contribution in [0.4, 0.5) is 11.4 Å². The molecule has 1 heterocycles. The Bertz CT molecular complexity index is 488. The molecular formula is C15H22N2O3. The predicted octanol–water partition coefficient (Wildman–Crippen LogP) is 3.52. The summed E-state index contributed by atoms with van der Waals surface area (Å²) in [6.07, 6.45) is 2.14. The molecule has 0 saturated carbocycles. The summed E-state index contributed by atoms with van der Waals surface area (Å²) < 4.78 is 5.75. The minimum atomic E-state index is -0.356. The van der Waals surface area contributed by atoms with E-state index in [9.17, 15) is 10.1 Å². The molecule has 0 amide bonds. The number of nitrogens with one attached hydrogen (secondary N) is 1. The Hall–Kier alpha value is -1.62. The van der Waals surface area contributed by atoms with E-state index in [2.05, 4.69) is 19.2 Å². The van der Waals surface area contributed by atoms with Gasteiger partial charge in [0.15, 0.2) is 0 Å². The fourth-order valence-electron chi connectivity index (χ4n) is 2.52. The standard InChI is InChI=1S/C15H22N2O3/c1-10(2)15-8-12(6-7-20-15)16-14-9-13(17(18)19)5-4-11(14)3/h4-5,9-10,12,15-16H,6-8H2,1-3H3. The third-order valence-electron chi connectivity index (χ3n) is 3.85. The number of non-ortho nitro benzene ring substituents is 1. The van der Waals surface area contributed by atoms with Crippen LogP contribution >= 0.6 is 0 Å². The highest BCUT2D eigenvalue weighted by Gasteiger charge is 2.25. The van der Waals surface area contributed by atoms with Crippen LogP contribution in [-0.2, 0) is 4.74 Å². The summed E-state index contributed by atoms with van der Waals surface area (Å²) in [6, 6.07) is 5.27. The molecule has 1 aliphatic heterocycles. The smallest absolute Gasteiger partial charge is 0.271 e. The number of ether oxygens (including phenoxy) is 1. The average Bonchev–Trinajstić information content (AvgIpc) is 2.41. The van der Waals surface area contributed by atoms with Crippen LogP contribution in [0, 0.1) is 23.0 Å². The molecule has 1 N–H and O–H groups in total. The highest BCUT2D eigenvalue weighted by Crippen LogP contribution is 2.27. The monoisotopic (exact) mass is 278 g/mol. The van der Waals surface area contributed by atoms with E-state index in [-0.39, 0.29) is 16.7 Å². The van der Waals surface area contributed by atoms with Crippen LogP contribution in [0.5, 0.6) is 0 Å². The summed E-state index contributed by atoms with van der Waals surface area (Å²) in [5.74, 6) is 0.491. The molecule has 110 valence electrons. The van der Waals surface area contributed by atoms with E-state index in [0.29, 0.717) is 12.0 Å². The Labute approximate surface area is 119 Å². The average molecular weight is 278 g/mol. The van der Waals surface area contributed by atoms with E-state index < -0.39 is 0 Å². The van der Waals surface area contributed by atoms with Crippen LogP contribution in [0.15, 0.2) is 18.2 Å². The summed E-state index contributed by atoms with van der Waals surface area (Å²) >= 11 is 0. The van der Waals surface area contributed by atoms with Crippen molar-refractivity contribution < 1.29 is 9.66 Å². The number of hydrogen-bond acceptors (Lipinski definition) is 4. The second-order valence-corrected chi connectivity index (χ2v) is 5.78. The Morgan fingerprint density at radius 3 is 2.85 bits per heavy atom. The number of aryl methyl sites for hydroxylation is 1. The van der Waals surface area contributed by atoms with Crippen molar-refractivity contribution in [1.82, 2.24) is 0 Å². The lowest BCUT2D eigenvalue weighted by Crippen LogP contribution is -2.36. The normalized spacial score (nSPS) is 22.8. The first-order chi connectivity index (χ1) is 9.47. The fourth-order valence-corrected chi connectivity index (χ4v) is 2.52. The van der Waals surface area contributed by atoms with E-state index in [1.165, 1.54) is 0 Å². The molecule has 0 spiro atoms. The van der Waals surface area contributed by atoms with Gasteiger partial charge in [0, 0.05) is 30.5 Å². The van der Waals surface area contributed by atoms with Gasteiger partial charge in [-0.25, -0.2) is 0 Å². The van der Waals surface area contributed by atoms with Crippen molar-refractivity contribution in [2.24, 2.45) is 5.92 Å². The van der Waals surface area contributed by atoms with Crippen LogP contribution in [0.3, 0.4) is 0 Å². The van der Waals surface area contributed by atoms with Gasteiger partial charge in [-0.15, -0.1) is 0 Å². The molecule has 2 unspecified atom stereocenters. The number of benzene rings is 1. The number of anilines is 1. The lowest BCUT2D eigenvalue weighted by molar-refractivity contribution is -0.384. The van der Waals surface area contributed by atoms with Crippen molar-refractivity contribution in [2.75, 3.05) is 11.9 Å². The van der Waals surface area contributed by atoms with Crippen molar-refractivity contribution >= 4 is 11.4 Å². The molecule has 1 fully saturated rings. The largest absolute Gasteiger partial charge is 0.382 e. The Morgan fingerprint density at radius 1 is 1.45 bits per heavy atom. The van der Waals surface area contributed by atoms with Crippen molar-refractivity contribution in [3.05, 3.63) is 33.9 Å². The van der Waals surface area contributed by atoms with Crippen LogP contribution in [0.2, 0.25) is 0 Å². The van der Waals surface area contributed by atoms with E-state index >= 15 is 0 Å². The van der Waals surface area contributed by atoms with Gasteiger partial charge >= 0.3 is 0 Å². The number of rotatable bonds is 4. The van der Waals surface area contributed by atoms with Gasteiger partial charge < -0.3 is 10.1 Å². The first-order valence-corrected chi connectivity index (χ1v) is 7.10. The summed E-state index contributed by atoms with van der Waals surface area (Å²) in [5.41, 5.74) is 2.02. The SMILES string of the molecule is Cc1ccc([N+](=O)[O-])cc1NC1CCOC(C(C)C)C1. The minimum absolute atomic E-state index is 0.130. The van der Waals surface area contributed by atoms with Crippen LogP contribution in [-0.4, -0.2) is 23.7 Å². The molecule has 0 aromatic heterocycles. The maximum absolute atomic E-state index is 10.9. The zero-order chi connectivity index (χ0) is 14.7.